The van der Waals surface area contributed by atoms with Crippen LogP contribution in [-0.2, 0) is 14.3 Å². The molecule has 0 heterocycles. The van der Waals surface area contributed by atoms with Crippen molar-refractivity contribution in [3.8, 4) is 0 Å². The molecular weight excluding hydrogens is 265 g/mol. The lowest BCUT2D eigenvalue weighted by Gasteiger charge is -2.22. The molecule has 0 saturated heterocycles. The standard InChI is InChI=1S/C14H18FNO4/c1-14(2,3)20-13(18)11(16)8-5-6-10(15)9(7-8)12(17)19-4/h5-7,11H,16H2,1-4H3. The molecule has 1 aromatic rings. The first-order valence-corrected chi connectivity index (χ1v) is 6.02. The molecule has 110 valence electrons. The summed E-state index contributed by atoms with van der Waals surface area (Å²) in [5.74, 6) is -2.22. The molecule has 1 unspecified atom stereocenters. The molecule has 1 aromatic carbocycles. The van der Waals surface area contributed by atoms with Gasteiger partial charge in [-0.15, -0.1) is 0 Å². The van der Waals surface area contributed by atoms with Crippen molar-refractivity contribution in [2.45, 2.75) is 32.4 Å². The average Bonchev–Trinajstić information content (AvgIpc) is 2.35. The topological polar surface area (TPSA) is 78.6 Å². The van der Waals surface area contributed by atoms with E-state index < -0.39 is 29.4 Å². The van der Waals surface area contributed by atoms with Crippen molar-refractivity contribution in [1.29, 1.82) is 0 Å². The first-order valence-electron chi connectivity index (χ1n) is 6.02. The van der Waals surface area contributed by atoms with Gasteiger partial charge in [-0.05, 0) is 38.5 Å². The second kappa shape index (κ2) is 6.00. The molecule has 2 N–H and O–H groups in total. The van der Waals surface area contributed by atoms with E-state index in [0.717, 1.165) is 13.2 Å². The zero-order chi connectivity index (χ0) is 15.5. The minimum atomic E-state index is -1.10. The normalized spacial score (nSPS) is 12.7. The van der Waals surface area contributed by atoms with Crippen LogP contribution in [0.2, 0.25) is 0 Å². The maximum Gasteiger partial charge on any atom is 0.340 e. The van der Waals surface area contributed by atoms with Gasteiger partial charge in [-0.25, -0.2) is 14.0 Å². The van der Waals surface area contributed by atoms with Crippen LogP contribution in [0.25, 0.3) is 0 Å². The Morgan fingerprint density at radius 1 is 1.30 bits per heavy atom. The van der Waals surface area contributed by atoms with E-state index in [4.69, 9.17) is 10.5 Å². The molecule has 0 bridgehead atoms. The van der Waals surface area contributed by atoms with Crippen LogP contribution in [0.4, 0.5) is 4.39 Å². The molecule has 0 amide bonds. The number of carbonyl (C=O) groups excluding carboxylic acids is 2. The van der Waals surface area contributed by atoms with Crippen molar-refractivity contribution in [3.63, 3.8) is 0 Å². The molecule has 20 heavy (non-hydrogen) atoms. The summed E-state index contributed by atoms with van der Waals surface area (Å²) < 4.78 is 23.1. The number of hydrogen-bond acceptors (Lipinski definition) is 5. The largest absolute Gasteiger partial charge is 0.465 e. The minimum absolute atomic E-state index is 0.274. The smallest absolute Gasteiger partial charge is 0.340 e. The molecule has 1 atom stereocenters. The van der Waals surface area contributed by atoms with E-state index in [1.807, 2.05) is 0 Å². The van der Waals surface area contributed by atoms with E-state index >= 15 is 0 Å². The van der Waals surface area contributed by atoms with Crippen LogP contribution < -0.4 is 5.73 Å². The summed E-state index contributed by atoms with van der Waals surface area (Å²) in [4.78, 5) is 23.2. The van der Waals surface area contributed by atoms with Crippen LogP contribution in [0.3, 0.4) is 0 Å². The Morgan fingerprint density at radius 2 is 1.90 bits per heavy atom. The number of benzene rings is 1. The zero-order valence-electron chi connectivity index (χ0n) is 11.9. The average molecular weight is 283 g/mol. The molecule has 0 aromatic heterocycles. The minimum Gasteiger partial charge on any atom is -0.465 e. The summed E-state index contributed by atoms with van der Waals surface area (Å²) >= 11 is 0. The first-order chi connectivity index (χ1) is 9.15. The van der Waals surface area contributed by atoms with Crippen molar-refractivity contribution < 1.29 is 23.5 Å². The Labute approximate surface area is 116 Å². The third-order valence-electron chi connectivity index (χ3n) is 2.42. The molecule has 1 rings (SSSR count). The summed E-state index contributed by atoms with van der Waals surface area (Å²) in [6.45, 7) is 5.13. The highest BCUT2D eigenvalue weighted by molar-refractivity contribution is 5.90. The maximum absolute atomic E-state index is 13.5. The fourth-order valence-electron chi connectivity index (χ4n) is 1.50. The van der Waals surface area contributed by atoms with Gasteiger partial charge < -0.3 is 15.2 Å². The van der Waals surface area contributed by atoms with Crippen molar-refractivity contribution in [1.82, 2.24) is 0 Å². The highest BCUT2D eigenvalue weighted by Gasteiger charge is 2.25. The Kier molecular flexibility index (Phi) is 4.83. The molecule has 6 heteroatoms. The third kappa shape index (κ3) is 4.03. The van der Waals surface area contributed by atoms with E-state index in [-0.39, 0.29) is 11.1 Å². The predicted molar refractivity (Wildman–Crippen MR) is 70.5 cm³/mol. The van der Waals surface area contributed by atoms with E-state index in [1.165, 1.54) is 12.1 Å². The van der Waals surface area contributed by atoms with E-state index in [0.29, 0.717) is 0 Å². The number of nitrogens with two attached hydrogens (primary N) is 1. The van der Waals surface area contributed by atoms with Gasteiger partial charge in [-0.3, -0.25) is 0 Å². The number of halogens is 1. The van der Waals surface area contributed by atoms with Crippen molar-refractivity contribution >= 4 is 11.9 Å². The van der Waals surface area contributed by atoms with Crippen molar-refractivity contribution in [2.75, 3.05) is 7.11 Å². The number of ether oxygens (including phenoxy) is 2. The van der Waals surface area contributed by atoms with Gasteiger partial charge in [0.2, 0.25) is 0 Å². The Balaban J connectivity index is 3.02. The zero-order valence-corrected chi connectivity index (χ0v) is 11.9. The van der Waals surface area contributed by atoms with Crippen LogP contribution in [0.5, 0.6) is 0 Å². The van der Waals surface area contributed by atoms with Gasteiger partial charge in [0.05, 0.1) is 12.7 Å². The molecule has 0 saturated carbocycles. The van der Waals surface area contributed by atoms with E-state index in [1.54, 1.807) is 20.8 Å². The predicted octanol–water partition coefficient (Wildman–Crippen LogP) is 1.95. The SMILES string of the molecule is COC(=O)c1cc(C(N)C(=O)OC(C)(C)C)ccc1F. The molecular formula is C14H18FNO4. The van der Waals surface area contributed by atoms with Gasteiger partial charge in [0, 0.05) is 0 Å². The van der Waals surface area contributed by atoms with Gasteiger partial charge in [0.15, 0.2) is 0 Å². The van der Waals surface area contributed by atoms with Crippen molar-refractivity contribution in [2.24, 2.45) is 5.73 Å². The van der Waals surface area contributed by atoms with Crippen LogP contribution in [0.1, 0.15) is 42.7 Å². The lowest BCUT2D eigenvalue weighted by atomic mass is 10.0. The van der Waals surface area contributed by atoms with Crippen LogP contribution in [0, 0.1) is 5.82 Å². The number of methoxy groups -OCH3 is 1. The molecule has 0 spiro atoms. The highest BCUT2D eigenvalue weighted by atomic mass is 19.1. The van der Waals surface area contributed by atoms with Crippen molar-refractivity contribution in [3.05, 3.63) is 35.1 Å². The molecule has 0 aliphatic heterocycles. The summed E-state index contributed by atoms with van der Waals surface area (Å²) in [5, 5.41) is 0. The number of rotatable bonds is 3. The highest BCUT2D eigenvalue weighted by Crippen LogP contribution is 2.20. The van der Waals surface area contributed by atoms with E-state index in [2.05, 4.69) is 4.74 Å². The van der Waals surface area contributed by atoms with Gasteiger partial charge in [0.25, 0.3) is 0 Å². The molecule has 0 fully saturated rings. The fraction of sp³-hybridized carbons (Fsp3) is 0.429. The van der Waals surface area contributed by atoms with Crippen LogP contribution in [0.15, 0.2) is 18.2 Å². The van der Waals surface area contributed by atoms with Gasteiger partial charge in [-0.2, -0.15) is 0 Å². The Bertz CT molecular complexity index is 522. The molecule has 0 aliphatic carbocycles. The molecule has 5 nitrogen and oxygen atoms in total. The second-order valence-electron chi connectivity index (χ2n) is 5.24. The Hall–Kier alpha value is -1.95. The summed E-state index contributed by atoms with van der Waals surface area (Å²) in [7, 11) is 1.14. The summed E-state index contributed by atoms with van der Waals surface area (Å²) in [6.07, 6.45) is 0. The fourth-order valence-corrected chi connectivity index (χ4v) is 1.50. The maximum atomic E-state index is 13.5. The summed E-state index contributed by atoms with van der Waals surface area (Å²) in [6, 6.07) is 2.48. The Morgan fingerprint density at radius 3 is 2.40 bits per heavy atom. The number of hydrogen-bond donors (Lipinski definition) is 1. The monoisotopic (exact) mass is 283 g/mol. The quantitative estimate of drug-likeness (QED) is 0.858. The number of esters is 2. The van der Waals surface area contributed by atoms with Crippen LogP contribution >= 0.6 is 0 Å². The molecule has 0 aliphatic rings. The van der Waals surface area contributed by atoms with Gasteiger partial charge >= 0.3 is 11.9 Å². The van der Waals surface area contributed by atoms with Gasteiger partial charge in [0.1, 0.15) is 17.5 Å². The second-order valence-corrected chi connectivity index (χ2v) is 5.24. The third-order valence-corrected chi connectivity index (χ3v) is 2.42. The van der Waals surface area contributed by atoms with E-state index in [9.17, 15) is 14.0 Å². The van der Waals surface area contributed by atoms with Crippen LogP contribution in [-0.4, -0.2) is 24.6 Å². The van der Waals surface area contributed by atoms with Gasteiger partial charge in [-0.1, -0.05) is 6.07 Å². The molecule has 0 radical (unpaired) electrons. The number of carbonyl (C=O) groups is 2. The first kappa shape index (κ1) is 16.1. The summed E-state index contributed by atoms with van der Waals surface area (Å²) in [5.41, 5.74) is 5.08. The lowest BCUT2D eigenvalue weighted by Crippen LogP contribution is -2.31. The lowest BCUT2D eigenvalue weighted by molar-refractivity contribution is -0.156.